The quantitative estimate of drug-likeness (QED) is 0.754. The summed E-state index contributed by atoms with van der Waals surface area (Å²) in [6.45, 7) is -0.0269. The second kappa shape index (κ2) is 5.74. The van der Waals surface area contributed by atoms with E-state index in [2.05, 4.69) is 15.1 Å². The molecule has 2 aromatic heterocycles. The molecule has 4 rings (SSSR count). The standard InChI is InChI=1S/C17H18FN5O/c18-11-4-5-12-13(8-20-14(12)7-11)17-21-16(6-10-2-1-3-10)22-23(17)9-15(19)24/h4-5,7-8,10,20H,1-3,6,9H2,(H2,19,24). The second-order valence-corrected chi connectivity index (χ2v) is 6.37. The number of carbonyl (C=O) groups excluding carboxylic acids is 1. The summed E-state index contributed by atoms with van der Waals surface area (Å²) in [7, 11) is 0. The molecule has 0 aliphatic heterocycles. The van der Waals surface area contributed by atoms with Crippen LogP contribution in [-0.2, 0) is 17.8 Å². The largest absolute Gasteiger partial charge is 0.368 e. The van der Waals surface area contributed by atoms with Gasteiger partial charge in [-0.1, -0.05) is 19.3 Å². The molecule has 6 nitrogen and oxygen atoms in total. The Morgan fingerprint density at radius 3 is 2.96 bits per heavy atom. The number of fused-ring (bicyclic) bond motifs is 1. The fourth-order valence-electron chi connectivity index (χ4n) is 3.17. The minimum absolute atomic E-state index is 0.0269. The topological polar surface area (TPSA) is 89.6 Å². The first-order valence-corrected chi connectivity index (χ1v) is 8.09. The number of primary amides is 1. The Labute approximate surface area is 137 Å². The van der Waals surface area contributed by atoms with Crippen LogP contribution in [0.15, 0.2) is 24.4 Å². The van der Waals surface area contributed by atoms with Crippen molar-refractivity contribution in [3.8, 4) is 11.4 Å². The number of rotatable bonds is 5. The summed E-state index contributed by atoms with van der Waals surface area (Å²) in [5, 5.41) is 5.31. The first kappa shape index (κ1) is 14.9. The van der Waals surface area contributed by atoms with E-state index in [1.165, 1.54) is 31.4 Å². The number of carbonyl (C=O) groups is 1. The SMILES string of the molecule is NC(=O)Cn1nc(CC2CCC2)nc1-c1c[nH]c2cc(F)ccc12. The molecule has 0 atom stereocenters. The Morgan fingerprint density at radius 2 is 2.25 bits per heavy atom. The molecule has 1 saturated carbocycles. The van der Waals surface area contributed by atoms with Crippen LogP contribution in [0.5, 0.6) is 0 Å². The zero-order valence-electron chi connectivity index (χ0n) is 13.1. The number of hydrogen-bond acceptors (Lipinski definition) is 3. The van der Waals surface area contributed by atoms with E-state index < -0.39 is 5.91 Å². The van der Waals surface area contributed by atoms with E-state index in [-0.39, 0.29) is 12.4 Å². The van der Waals surface area contributed by atoms with Crippen molar-refractivity contribution in [2.24, 2.45) is 11.7 Å². The predicted octanol–water partition coefficient (Wildman–Crippen LogP) is 2.39. The third-order valence-electron chi connectivity index (χ3n) is 4.60. The molecular formula is C17H18FN5O. The highest BCUT2D eigenvalue weighted by Gasteiger charge is 2.22. The Kier molecular flexibility index (Phi) is 3.55. The van der Waals surface area contributed by atoms with Gasteiger partial charge < -0.3 is 10.7 Å². The van der Waals surface area contributed by atoms with Crippen molar-refractivity contribution in [2.75, 3.05) is 0 Å². The number of halogens is 1. The summed E-state index contributed by atoms with van der Waals surface area (Å²) < 4.78 is 14.9. The van der Waals surface area contributed by atoms with Gasteiger partial charge in [0.2, 0.25) is 5.91 Å². The molecule has 24 heavy (non-hydrogen) atoms. The monoisotopic (exact) mass is 327 g/mol. The molecule has 0 bridgehead atoms. The van der Waals surface area contributed by atoms with Gasteiger partial charge in [-0.05, 0) is 24.1 Å². The number of hydrogen-bond donors (Lipinski definition) is 2. The summed E-state index contributed by atoms with van der Waals surface area (Å²) in [4.78, 5) is 19.0. The summed E-state index contributed by atoms with van der Waals surface area (Å²) in [6.07, 6.45) is 6.24. The number of nitrogens with two attached hydrogens (primary N) is 1. The van der Waals surface area contributed by atoms with Gasteiger partial charge in [0.05, 0.1) is 0 Å². The fraction of sp³-hybridized carbons (Fsp3) is 0.353. The third-order valence-corrected chi connectivity index (χ3v) is 4.60. The maximum absolute atomic E-state index is 13.4. The van der Waals surface area contributed by atoms with Crippen LogP contribution in [-0.4, -0.2) is 25.7 Å². The maximum Gasteiger partial charge on any atom is 0.239 e. The number of aromatic amines is 1. The van der Waals surface area contributed by atoms with E-state index in [1.54, 1.807) is 16.9 Å². The van der Waals surface area contributed by atoms with Gasteiger partial charge in [0, 0.05) is 29.1 Å². The number of nitrogens with one attached hydrogen (secondary N) is 1. The highest BCUT2D eigenvalue weighted by atomic mass is 19.1. The van der Waals surface area contributed by atoms with Crippen molar-refractivity contribution >= 4 is 16.8 Å². The van der Waals surface area contributed by atoms with E-state index in [0.717, 1.165) is 23.2 Å². The van der Waals surface area contributed by atoms with Gasteiger partial charge in [-0.3, -0.25) is 4.79 Å². The van der Waals surface area contributed by atoms with Crippen molar-refractivity contribution in [3.05, 3.63) is 36.0 Å². The van der Waals surface area contributed by atoms with Gasteiger partial charge >= 0.3 is 0 Å². The summed E-state index contributed by atoms with van der Waals surface area (Å²) >= 11 is 0. The lowest BCUT2D eigenvalue weighted by atomic mass is 9.83. The van der Waals surface area contributed by atoms with Gasteiger partial charge in [0.1, 0.15) is 12.4 Å². The zero-order valence-corrected chi connectivity index (χ0v) is 13.1. The summed E-state index contributed by atoms with van der Waals surface area (Å²) in [5.41, 5.74) is 6.81. The number of aromatic nitrogens is 4. The molecule has 0 spiro atoms. The zero-order chi connectivity index (χ0) is 16.7. The normalized spacial score (nSPS) is 14.9. The smallest absolute Gasteiger partial charge is 0.239 e. The number of amides is 1. The Balaban J connectivity index is 1.77. The van der Waals surface area contributed by atoms with Crippen LogP contribution < -0.4 is 5.73 Å². The summed E-state index contributed by atoms with van der Waals surface area (Å²) in [6, 6.07) is 4.54. The Bertz CT molecular complexity index is 909. The van der Waals surface area contributed by atoms with Gasteiger partial charge in [-0.15, -0.1) is 0 Å². The molecule has 3 aromatic rings. The molecule has 1 aromatic carbocycles. The van der Waals surface area contributed by atoms with Crippen LogP contribution in [0.25, 0.3) is 22.3 Å². The molecule has 0 radical (unpaired) electrons. The first-order chi connectivity index (χ1) is 11.6. The molecule has 0 unspecified atom stereocenters. The van der Waals surface area contributed by atoms with E-state index in [1.807, 2.05) is 0 Å². The molecule has 2 heterocycles. The Hall–Kier alpha value is -2.70. The van der Waals surface area contributed by atoms with Crippen molar-refractivity contribution < 1.29 is 9.18 Å². The third kappa shape index (κ3) is 2.66. The van der Waals surface area contributed by atoms with E-state index in [9.17, 15) is 9.18 Å². The lowest BCUT2D eigenvalue weighted by molar-refractivity contribution is -0.118. The molecule has 1 aliphatic carbocycles. The molecule has 1 aliphatic rings. The van der Waals surface area contributed by atoms with Crippen molar-refractivity contribution in [2.45, 2.75) is 32.2 Å². The maximum atomic E-state index is 13.4. The second-order valence-electron chi connectivity index (χ2n) is 6.37. The average molecular weight is 327 g/mol. The molecule has 1 fully saturated rings. The predicted molar refractivity (Wildman–Crippen MR) is 87.5 cm³/mol. The fourth-order valence-corrected chi connectivity index (χ4v) is 3.17. The number of nitrogens with zero attached hydrogens (tertiary/aromatic N) is 3. The molecule has 124 valence electrons. The minimum atomic E-state index is -0.470. The van der Waals surface area contributed by atoms with E-state index >= 15 is 0 Å². The molecule has 7 heteroatoms. The first-order valence-electron chi connectivity index (χ1n) is 8.09. The van der Waals surface area contributed by atoms with Gasteiger partial charge in [0.15, 0.2) is 11.6 Å². The van der Waals surface area contributed by atoms with E-state index in [0.29, 0.717) is 17.3 Å². The average Bonchev–Trinajstić information content (AvgIpc) is 3.05. The van der Waals surface area contributed by atoms with Crippen LogP contribution in [0.2, 0.25) is 0 Å². The van der Waals surface area contributed by atoms with Crippen LogP contribution in [0.4, 0.5) is 4.39 Å². The highest BCUT2D eigenvalue weighted by Crippen LogP contribution is 2.31. The number of H-pyrrole nitrogens is 1. The van der Waals surface area contributed by atoms with Gasteiger partial charge in [-0.25, -0.2) is 14.1 Å². The van der Waals surface area contributed by atoms with E-state index in [4.69, 9.17) is 5.73 Å². The molecule has 3 N–H and O–H groups in total. The van der Waals surface area contributed by atoms with Crippen molar-refractivity contribution in [1.82, 2.24) is 19.7 Å². The van der Waals surface area contributed by atoms with Crippen molar-refractivity contribution in [3.63, 3.8) is 0 Å². The molecular weight excluding hydrogens is 309 g/mol. The molecule has 0 saturated heterocycles. The lowest BCUT2D eigenvalue weighted by Crippen LogP contribution is -2.20. The van der Waals surface area contributed by atoms with Crippen molar-refractivity contribution in [1.29, 1.82) is 0 Å². The summed E-state index contributed by atoms with van der Waals surface area (Å²) in [5.74, 6) is 1.16. The number of benzene rings is 1. The van der Waals surface area contributed by atoms with Crippen LogP contribution >= 0.6 is 0 Å². The Morgan fingerprint density at radius 1 is 1.42 bits per heavy atom. The highest BCUT2D eigenvalue weighted by molar-refractivity contribution is 5.94. The molecule has 1 amide bonds. The van der Waals surface area contributed by atoms with Gasteiger partial charge in [-0.2, -0.15) is 5.10 Å². The van der Waals surface area contributed by atoms with Crippen LogP contribution in [0.3, 0.4) is 0 Å². The van der Waals surface area contributed by atoms with Gasteiger partial charge in [0.25, 0.3) is 0 Å². The lowest BCUT2D eigenvalue weighted by Gasteiger charge is -2.23. The minimum Gasteiger partial charge on any atom is -0.368 e. The van der Waals surface area contributed by atoms with Crippen LogP contribution in [0.1, 0.15) is 25.1 Å². The van der Waals surface area contributed by atoms with Crippen LogP contribution in [0, 0.1) is 11.7 Å².